The van der Waals surface area contributed by atoms with Crippen LogP contribution < -0.4 is 14.8 Å². The van der Waals surface area contributed by atoms with Gasteiger partial charge in [0.15, 0.2) is 5.65 Å². The van der Waals surface area contributed by atoms with Gasteiger partial charge in [-0.25, -0.2) is 4.98 Å². The Hall–Kier alpha value is -2.96. The average molecular weight is 429 g/mol. The van der Waals surface area contributed by atoms with Gasteiger partial charge in [0.2, 0.25) is 0 Å². The smallest absolute Gasteiger partial charge is 0.183 e. The van der Waals surface area contributed by atoms with Gasteiger partial charge in [-0.15, -0.1) is 0 Å². The molecular formula is C21H18Cl2N4O2. The average Bonchev–Trinajstić information content (AvgIpc) is 3.10. The minimum atomic E-state index is 0.300. The second-order valence-corrected chi connectivity index (χ2v) is 7.31. The largest absolute Gasteiger partial charge is 0.487 e. The van der Waals surface area contributed by atoms with Crippen LogP contribution in [0.3, 0.4) is 0 Å². The van der Waals surface area contributed by atoms with Crippen LogP contribution in [0.25, 0.3) is 11.0 Å². The molecule has 0 aliphatic rings. The summed E-state index contributed by atoms with van der Waals surface area (Å²) in [4.78, 5) is 4.40. The summed E-state index contributed by atoms with van der Waals surface area (Å²) in [5.74, 6) is 2.47. The number of anilines is 1. The maximum atomic E-state index is 6.29. The topological polar surface area (TPSA) is 72.1 Å². The molecule has 2 aromatic carbocycles. The van der Waals surface area contributed by atoms with Crippen molar-refractivity contribution >= 4 is 40.1 Å². The lowest BCUT2D eigenvalue weighted by molar-refractivity contribution is 0.301. The molecule has 29 heavy (non-hydrogen) atoms. The highest BCUT2D eigenvalue weighted by Crippen LogP contribution is 2.34. The minimum Gasteiger partial charge on any atom is -0.487 e. The zero-order valence-corrected chi connectivity index (χ0v) is 17.3. The normalized spacial score (nSPS) is 10.9. The van der Waals surface area contributed by atoms with Crippen LogP contribution in [0.2, 0.25) is 10.0 Å². The Balaban J connectivity index is 1.52. The van der Waals surface area contributed by atoms with Crippen molar-refractivity contribution in [2.45, 2.75) is 13.5 Å². The Kier molecular flexibility index (Phi) is 5.47. The lowest BCUT2D eigenvalue weighted by Gasteiger charge is -2.11. The second kappa shape index (κ2) is 8.19. The molecule has 0 unspecified atom stereocenters. The SMILES string of the molecule is CNc1ccc2c(COc3ccc(Cl)c(Oc4cc(C)cc(Cl)c4)c3)[nH]nc2n1. The molecular weight excluding hydrogens is 411 g/mol. The predicted octanol–water partition coefficient (Wildman–Crippen LogP) is 5.99. The molecule has 0 amide bonds. The molecule has 2 heterocycles. The van der Waals surface area contributed by atoms with Crippen LogP contribution in [0, 0.1) is 6.92 Å². The number of pyridine rings is 1. The van der Waals surface area contributed by atoms with E-state index >= 15 is 0 Å². The number of rotatable bonds is 6. The van der Waals surface area contributed by atoms with E-state index in [1.807, 2.05) is 38.2 Å². The van der Waals surface area contributed by atoms with Gasteiger partial charge in [0, 0.05) is 23.5 Å². The van der Waals surface area contributed by atoms with E-state index in [1.54, 1.807) is 24.3 Å². The first kappa shape index (κ1) is 19.4. The number of benzene rings is 2. The first-order valence-corrected chi connectivity index (χ1v) is 9.66. The van der Waals surface area contributed by atoms with Crippen molar-refractivity contribution in [1.82, 2.24) is 15.2 Å². The minimum absolute atomic E-state index is 0.300. The molecule has 0 fully saturated rings. The maximum Gasteiger partial charge on any atom is 0.183 e. The molecule has 0 spiro atoms. The van der Waals surface area contributed by atoms with Crippen molar-refractivity contribution in [3.05, 3.63) is 69.8 Å². The summed E-state index contributed by atoms with van der Waals surface area (Å²) in [6, 6.07) is 14.6. The number of aromatic amines is 1. The number of hydrogen-bond acceptors (Lipinski definition) is 5. The number of aromatic nitrogens is 3. The van der Waals surface area contributed by atoms with E-state index in [2.05, 4.69) is 20.5 Å². The summed E-state index contributed by atoms with van der Waals surface area (Å²) in [6.07, 6.45) is 0. The highest BCUT2D eigenvalue weighted by molar-refractivity contribution is 6.32. The van der Waals surface area contributed by atoms with Gasteiger partial charge < -0.3 is 14.8 Å². The Morgan fingerprint density at radius 2 is 1.90 bits per heavy atom. The standard InChI is InChI=1S/C21H18Cl2N4O2/c1-12-7-13(22)9-15(8-12)29-19-10-14(3-5-17(19)23)28-11-18-16-4-6-20(24-2)25-21(16)27-26-18/h3-10H,11H2,1-2H3,(H2,24,25,26,27). The van der Waals surface area contributed by atoms with Gasteiger partial charge in [-0.3, -0.25) is 5.10 Å². The van der Waals surface area contributed by atoms with E-state index in [9.17, 15) is 0 Å². The summed E-state index contributed by atoms with van der Waals surface area (Å²) in [7, 11) is 1.82. The quantitative estimate of drug-likeness (QED) is 0.394. The van der Waals surface area contributed by atoms with Gasteiger partial charge in [0.1, 0.15) is 29.7 Å². The van der Waals surface area contributed by atoms with Crippen LogP contribution in [0.15, 0.2) is 48.5 Å². The molecule has 0 aliphatic heterocycles. The Labute approximate surface area is 177 Å². The number of nitrogens with zero attached hydrogens (tertiary/aromatic N) is 2. The van der Waals surface area contributed by atoms with E-state index in [0.717, 1.165) is 22.5 Å². The van der Waals surface area contributed by atoms with E-state index in [0.29, 0.717) is 39.5 Å². The Morgan fingerprint density at radius 3 is 2.69 bits per heavy atom. The molecule has 0 aliphatic carbocycles. The van der Waals surface area contributed by atoms with Crippen molar-refractivity contribution in [2.75, 3.05) is 12.4 Å². The number of aryl methyl sites for hydroxylation is 1. The molecule has 4 rings (SSSR count). The molecule has 8 heteroatoms. The van der Waals surface area contributed by atoms with Crippen molar-refractivity contribution in [1.29, 1.82) is 0 Å². The molecule has 0 saturated heterocycles. The number of halogens is 2. The molecule has 4 aromatic rings. The van der Waals surface area contributed by atoms with E-state index < -0.39 is 0 Å². The van der Waals surface area contributed by atoms with Gasteiger partial charge in [0.25, 0.3) is 0 Å². The van der Waals surface area contributed by atoms with E-state index in [1.165, 1.54) is 0 Å². The van der Waals surface area contributed by atoms with Gasteiger partial charge in [-0.2, -0.15) is 5.10 Å². The van der Waals surface area contributed by atoms with Crippen LogP contribution in [0.5, 0.6) is 17.2 Å². The Morgan fingerprint density at radius 1 is 1.03 bits per heavy atom. The summed E-state index contributed by atoms with van der Waals surface area (Å²) >= 11 is 12.4. The number of H-pyrrole nitrogens is 1. The number of hydrogen-bond donors (Lipinski definition) is 2. The molecule has 2 aromatic heterocycles. The van der Waals surface area contributed by atoms with Gasteiger partial charge in [-0.05, 0) is 55.0 Å². The number of ether oxygens (including phenoxy) is 2. The summed E-state index contributed by atoms with van der Waals surface area (Å²) in [5.41, 5.74) is 2.46. The lowest BCUT2D eigenvalue weighted by atomic mass is 10.2. The highest BCUT2D eigenvalue weighted by Gasteiger charge is 2.10. The van der Waals surface area contributed by atoms with Gasteiger partial charge >= 0.3 is 0 Å². The molecule has 0 radical (unpaired) electrons. The zero-order valence-electron chi connectivity index (χ0n) is 15.8. The fourth-order valence-corrected chi connectivity index (χ4v) is 3.33. The van der Waals surface area contributed by atoms with Crippen molar-refractivity contribution in [3.63, 3.8) is 0 Å². The van der Waals surface area contributed by atoms with E-state index in [-0.39, 0.29) is 0 Å². The monoisotopic (exact) mass is 428 g/mol. The van der Waals surface area contributed by atoms with Crippen LogP contribution >= 0.6 is 23.2 Å². The molecule has 0 bridgehead atoms. The zero-order chi connectivity index (χ0) is 20.4. The summed E-state index contributed by atoms with van der Waals surface area (Å²) < 4.78 is 11.8. The van der Waals surface area contributed by atoms with Crippen LogP contribution in [-0.2, 0) is 6.61 Å². The molecule has 148 valence electrons. The van der Waals surface area contributed by atoms with Gasteiger partial charge in [0.05, 0.1) is 10.7 Å². The number of nitrogens with one attached hydrogen (secondary N) is 2. The second-order valence-electron chi connectivity index (χ2n) is 6.47. The van der Waals surface area contributed by atoms with Crippen LogP contribution in [0.1, 0.15) is 11.3 Å². The van der Waals surface area contributed by atoms with E-state index in [4.69, 9.17) is 32.7 Å². The molecule has 0 saturated carbocycles. The van der Waals surface area contributed by atoms with Crippen LogP contribution in [0.4, 0.5) is 5.82 Å². The van der Waals surface area contributed by atoms with Crippen LogP contribution in [-0.4, -0.2) is 22.2 Å². The molecule has 0 atom stereocenters. The first-order chi connectivity index (χ1) is 14.0. The fourth-order valence-electron chi connectivity index (χ4n) is 2.89. The predicted molar refractivity (Wildman–Crippen MR) is 115 cm³/mol. The number of fused-ring (bicyclic) bond motifs is 1. The van der Waals surface area contributed by atoms with Gasteiger partial charge in [-0.1, -0.05) is 23.2 Å². The summed E-state index contributed by atoms with van der Waals surface area (Å²) in [5, 5.41) is 12.2. The summed E-state index contributed by atoms with van der Waals surface area (Å²) in [6.45, 7) is 2.25. The Bertz CT molecular complexity index is 1160. The first-order valence-electron chi connectivity index (χ1n) is 8.91. The molecule has 6 nitrogen and oxygen atoms in total. The maximum absolute atomic E-state index is 6.29. The van der Waals surface area contributed by atoms with Crippen molar-refractivity contribution < 1.29 is 9.47 Å². The molecule has 2 N–H and O–H groups in total. The fraction of sp³-hybridized carbons (Fsp3) is 0.143. The third kappa shape index (κ3) is 4.39. The third-order valence-electron chi connectivity index (χ3n) is 4.28. The van der Waals surface area contributed by atoms with Crippen molar-refractivity contribution in [3.8, 4) is 17.2 Å². The lowest BCUT2D eigenvalue weighted by Crippen LogP contribution is -1.97. The third-order valence-corrected chi connectivity index (χ3v) is 4.81. The highest BCUT2D eigenvalue weighted by atomic mass is 35.5. The van der Waals surface area contributed by atoms with Crippen molar-refractivity contribution in [2.24, 2.45) is 0 Å².